The standard InChI is InChI=1S/C13H18N2O5/c1-4-19-12(17)14-15(13(18)20-5-2)11-7-6-10(16)8-9(11)3/h6-8,16H,4-5H2,1-3H3,(H,14,17). The zero-order valence-corrected chi connectivity index (χ0v) is 11.7. The zero-order valence-electron chi connectivity index (χ0n) is 11.7. The number of aryl methyl sites for hydroxylation is 1. The number of nitrogens with one attached hydrogen (secondary N) is 1. The first-order chi connectivity index (χ1) is 9.49. The summed E-state index contributed by atoms with van der Waals surface area (Å²) >= 11 is 0. The lowest BCUT2D eigenvalue weighted by atomic mass is 10.2. The Balaban J connectivity index is 3.02. The number of nitrogens with zero attached hydrogens (tertiary/aromatic N) is 1. The molecule has 7 heteroatoms. The number of phenolic OH excluding ortho intramolecular Hbond substituents is 1. The molecule has 0 saturated carbocycles. The molecule has 0 aliphatic heterocycles. The fourth-order valence-electron chi connectivity index (χ4n) is 1.54. The third kappa shape index (κ3) is 4.04. The molecular formula is C13H18N2O5. The highest BCUT2D eigenvalue weighted by Gasteiger charge is 2.22. The summed E-state index contributed by atoms with van der Waals surface area (Å²) in [6, 6.07) is 4.36. The van der Waals surface area contributed by atoms with E-state index in [-0.39, 0.29) is 19.0 Å². The monoisotopic (exact) mass is 282 g/mol. The van der Waals surface area contributed by atoms with Crippen molar-refractivity contribution in [3.8, 4) is 5.75 Å². The molecule has 110 valence electrons. The molecule has 0 saturated heterocycles. The first-order valence-electron chi connectivity index (χ1n) is 6.19. The third-order valence-corrected chi connectivity index (χ3v) is 2.35. The van der Waals surface area contributed by atoms with Gasteiger partial charge < -0.3 is 14.6 Å². The van der Waals surface area contributed by atoms with E-state index >= 15 is 0 Å². The number of amides is 2. The molecule has 0 radical (unpaired) electrons. The lowest BCUT2D eigenvalue weighted by Crippen LogP contribution is -2.47. The molecule has 2 N–H and O–H groups in total. The largest absolute Gasteiger partial charge is 0.508 e. The molecule has 1 aromatic rings. The van der Waals surface area contributed by atoms with Gasteiger partial charge in [-0.25, -0.2) is 15.0 Å². The van der Waals surface area contributed by atoms with Crippen LogP contribution in [0.25, 0.3) is 0 Å². The van der Waals surface area contributed by atoms with Crippen molar-refractivity contribution in [3.63, 3.8) is 0 Å². The highest BCUT2D eigenvalue weighted by molar-refractivity contribution is 5.91. The Bertz CT molecular complexity index is 490. The Morgan fingerprint density at radius 1 is 1.25 bits per heavy atom. The molecule has 0 spiro atoms. The van der Waals surface area contributed by atoms with Crippen molar-refractivity contribution in [3.05, 3.63) is 23.8 Å². The van der Waals surface area contributed by atoms with E-state index in [1.807, 2.05) is 0 Å². The highest BCUT2D eigenvalue weighted by Crippen LogP contribution is 2.23. The van der Waals surface area contributed by atoms with Gasteiger partial charge in [-0.05, 0) is 44.5 Å². The van der Waals surface area contributed by atoms with Crippen LogP contribution in [0.4, 0.5) is 15.3 Å². The molecule has 0 atom stereocenters. The molecular weight excluding hydrogens is 264 g/mol. The lowest BCUT2D eigenvalue weighted by Gasteiger charge is -2.23. The summed E-state index contributed by atoms with van der Waals surface area (Å²) in [6.45, 7) is 5.34. The minimum atomic E-state index is -0.770. The molecule has 7 nitrogen and oxygen atoms in total. The van der Waals surface area contributed by atoms with Crippen LogP contribution in [0, 0.1) is 6.92 Å². The number of rotatable bonds is 3. The number of benzene rings is 1. The zero-order chi connectivity index (χ0) is 15.1. The van der Waals surface area contributed by atoms with Gasteiger partial charge in [0.05, 0.1) is 18.9 Å². The molecule has 1 rings (SSSR count). The van der Waals surface area contributed by atoms with Crippen molar-refractivity contribution in [2.75, 3.05) is 18.2 Å². The van der Waals surface area contributed by atoms with Crippen LogP contribution in [0.3, 0.4) is 0 Å². The van der Waals surface area contributed by atoms with E-state index in [0.717, 1.165) is 5.01 Å². The van der Waals surface area contributed by atoms with Crippen LogP contribution >= 0.6 is 0 Å². The number of aromatic hydroxyl groups is 1. The quantitative estimate of drug-likeness (QED) is 0.831. The summed E-state index contributed by atoms with van der Waals surface area (Å²) in [6.07, 6.45) is -1.51. The van der Waals surface area contributed by atoms with Gasteiger partial charge in [0, 0.05) is 0 Å². The smallest absolute Gasteiger partial charge is 0.433 e. The molecule has 1 aromatic carbocycles. The summed E-state index contributed by atoms with van der Waals surface area (Å²) in [4.78, 5) is 23.4. The number of carbonyl (C=O) groups is 2. The Labute approximate surface area is 117 Å². The van der Waals surface area contributed by atoms with Gasteiger partial charge in [0.15, 0.2) is 0 Å². The number of phenols is 1. The molecule has 0 aromatic heterocycles. The average molecular weight is 282 g/mol. The van der Waals surface area contributed by atoms with Gasteiger partial charge in [-0.2, -0.15) is 5.01 Å². The molecule has 0 fully saturated rings. The second kappa shape index (κ2) is 7.22. The van der Waals surface area contributed by atoms with Crippen LogP contribution in [-0.4, -0.2) is 30.5 Å². The molecule has 0 bridgehead atoms. The number of ether oxygens (including phenoxy) is 2. The van der Waals surface area contributed by atoms with E-state index in [2.05, 4.69) is 5.43 Å². The van der Waals surface area contributed by atoms with Crippen molar-refractivity contribution in [2.45, 2.75) is 20.8 Å². The van der Waals surface area contributed by atoms with Gasteiger partial charge in [0.2, 0.25) is 0 Å². The van der Waals surface area contributed by atoms with Gasteiger partial charge >= 0.3 is 12.2 Å². The van der Waals surface area contributed by atoms with E-state index in [9.17, 15) is 14.7 Å². The minimum Gasteiger partial charge on any atom is -0.508 e. The summed E-state index contributed by atoms with van der Waals surface area (Å²) in [5.41, 5.74) is 3.27. The predicted octanol–water partition coefficient (Wildman–Crippen LogP) is 2.32. The molecule has 0 aliphatic carbocycles. The SMILES string of the molecule is CCOC(=O)NN(C(=O)OCC)c1ccc(O)cc1C. The van der Waals surface area contributed by atoms with Crippen molar-refractivity contribution >= 4 is 17.9 Å². The fourth-order valence-corrected chi connectivity index (χ4v) is 1.54. The second-order valence-electron chi connectivity index (χ2n) is 3.84. The number of carbonyl (C=O) groups excluding carboxylic acids is 2. The Morgan fingerprint density at radius 2 is 1.90 bits per heavy atom. The highest BCUT2D eigenvalue weighted by atomic mass is 16.6. The molecule has 0 aliphatic rings. The van der Waals surface area contributed by atoms with Gasteiger partial charge in [0.25, 0.3) is 0 Å². The predicted molar refractivity (Wildman–Crippen MR) is 72.5 cm³/mol. The van der Waals surface area contributed by atoms with Crippen LogP contribution in [0.15, 0.2) is 18.2 Å². The maximum Gasteiger partial charge on any atom is 0.433 e. The summed E-state index contributed by atoms with van der Waals surface area (Å²) < 4.78 is 9.61. The lowest BCUT2D eigenvalue weighted by molar-refractivity contribution is 0.138. The summed E-state index contributed by atoms with van der Waals surface area (Å²) in [7, 11) is 0. The Morgan fingerprint density at radius 3 is 2.45 bits per heavy atom. The van der Waals surface area contributed by atoms with Crippen LogP contribution < -0.4 is 10.4 Å². The van der Waals surface area contributed by atoms with Gasteiger partial charge in [-0.3, -0.25) is 0 Å². The summed E-state index contributed by atoms with van der Waals surface area (Å²) in [5.74, 6) is 0.0613. The van der Waals surface area contributed by atoms with Crippen LogP contribution in [-0.2, 0) is 9.47 Å². The fraction of sp³-hybridized carbons (Fsp3) is 0.385. The maximum atomic E-state index is 11.9. The van der Waals surface area contributed by atoms with E-state index in [1.165, 1.54) is 18.2 Å². The van der Waals surface area contributed by atoms with Crippen molar-refractivity contribution in [1.82, 2.24) is 5.43 Å². The first kappa shape index (κ1) is 15.6. The van der Waals surface area contributed by atoms with Crippen LogP contribution in [0.5, 0.6) is 5.75 Å². The second-order valence-corrected chi connectivity index (χ2v) is 3.84. The van der Waals surface area contributed by atoms with Gasteiger partial charge in [-0.15, -0.1) is 0 Å². The van der Waals surface area contributed by atoms with E-state index in [0.29, 0.717) is 11.3 Å². The van der Waals surface area contributed by atoms with E-state index in [4.69, 9.17) is 9.47 Å². The number of anilines is 1. The Hall–Kier alpha value is -2.44. The van der Waals surface area contributed by atoms with Crippen LogP contribution in [0.2, 0.25) is 0 Å². The van der Waals surface area contributed by atoms with Gasteiger partial charge in [0.1, 0.15) is 5.75 Å². The molecule has 20 heavy (non-hydrogen) atoms. The topological polar surface area (TPSA) is 88.1 Å². The average Bonchev–Trinajstić information content (AvgIpc) is 2.37. The van der Waals surface area contributed by atoms with Crippen molar-refractivity contribution in [2.24, 2.45) is 0 Å². The third-order valence-electron chi connectivity index (χ3n) is 2.35. The normalized spacial score (nSPS) is 9.75. The molecule has 0 heterocycles. The number of hydrazine groups is 1. The molecule has 2 amide bonds. The van der Waals surface area contributed by atoms with E-state index < -0.39 is 12.2 Å². The minimum absolute atomic E-state index is 0.0613. The first-order valence-corrected chi connectivity index (χ1v) is 6.19. The summed E-state index contributed by atoms with van der Waals surface area (Å²) in [5, 5.41) is 10.3. The maximum absolute atomic E-state index is 11.9. The van der Waals surface area contributed by atoms with Crippen molar-refractivity contribution < 1.29 is 24.2 Å². The van der Waals surface area contributed by atoms with Crippen LogP contribution in [0.1, 0.15) is 19.4 Å². The molecule has 0 unspecified atom stereocenters. The Kier molecular flexibility index (Phi) is 5.64. The number of hydrogen-bond acceptors (Lipinski definition) is 5. The van der Waals surface area contributed by atoms with E-state index in [1.54, 1.807) is 20.8 Å². The number of hydrogen-bond donors (Lipinski definition) is 2. The van der Waals surface area contributed by atoms with Crippen molar-refractivity contribution in [1.29, 1.82) is 0 Å². The van der Waals surface area contributed by atoms with Gasteiger partial charge in [-0.1, -0.05) is 0 Å².